The van der Waals surface area contributed by atoms with Crippen molar-refractivity contribution in [3.63, 3.8) is 0 Å². The average Bonchev–Trinajstić information content (AvgIpc) is 2.17. The lowest BCUT2D eigenvalue weighted by atomic mass is 10.1. The Hall–Kier alpha value is -1.23. The van der Waals surface area contributed by atoms with Gasteiger partial charge in [0.05, 0.1) is 11.3 Å². The second-order valence-corrected chi connectivity index (χ2v) is 3.32. The molecule has 1 aromatic carbocycles. The second kappa shape index (κ2) is 4.74. The van der Waals surface area contributed by atoms with E-state index >= 15 is 0 Å². The Morgan fingerprint density at radius 3 is 2.38 bits per heavy atom. The molecule has 88 valence electrons. The molecular weight excluding hydrogens is 243 g/mol. The highest BCUT2D eigenvalue weighted by Crippen LogP contribution is 2.36. The number of carbonyl (C=O) groups is 1. The van der Waals surface area contributed by atoms with Crippen LogP contribution in [-0.2, 0) is 11.0 Å². The number of anilines is 1. The molecule has 0 spiro atoms. The Bertz CT molecular complexity index is 392. The van der Waals surface area contributed by atoms with Gasteiger partial charge in [-0.3, -0.25) is 9.69 Å². The molecule has 6 heteroatoms. The SMILES string of the molecule is CC(=O)N(CCl)c1ccccc1C(F)(F)F. The van der Waals surface area contributed by atoms with Gasteiger partial charge in [-0.05, 0) is 12.1 Å². The number of para-hydroxylation sites is 1. The van der Waals surface area contributed by atoms with E-state index in [2.05, 4.69) is 0 Å². The highest BCUT2D eigenvalue weighted by atomic mass is 35.5. The summed E-state index contributed by atoms with van der Waals surface area (Å²) in [4.78, 5) is 12.0. The van der Waals surface area contributed by atoms with Crippen LogP contribution in [0.1, 0.15) is 12.5 Å². The van der Waals surface area contributed by atoms with Crippen molar-refractivity contribution >= 4 is 23.2 Å². The van der Waals surface area contributed by atoms with Gasteiger partial charge in [0.25, 0.3) is 0 Å². The summed E-state index contributed by atoms with van der Waals surface area (Å²) in [5.74, 6) is -0.535. The molecule has 0 saturated heterocycles. The van der Waals surface area contributed by atoms with Gasteiger partial charge in [-0.25, -0.2) is 0 Å². The van der Waals surface area contributed by atoms with Crippen LogP contribution in [0.2, 0.25) is 0 Å². The third-order valence-corrected chi connectivity index (χ3v) is 2.24. The smallest absolute Gasteiger partial charge is 0.298 e. The fourth-order valence-corrected chi connectivity index (χ4v) is 1.56. The average molecular weight is 252 g/mol. The predicted molar refractivity (Wildman–Crippen MR) is 55.3 cm³/mol. The van der Waals surface area contributed by atoms with Gasteiger partial charge in [0.1, 0.15) is 6.00 Å². The molecule has 1 amide bonds. The highest BCUT2D eigenvalue weighted by molar-refractivity contribution is 6.21. The normalized spacial score (nSPS) is 11.3. The van der Waals surface area contributed by atoms with Crippen LogP contribution in [-0.4, -0.2) is 11.9 Å². The minimum atomic E-state index is -4.50. The van der Waals surface area contributed by atoms with E-state index in [0.717, 1.165) is 17.9 Å². The van der Waals surface area contributed by atoms with E-state index in [1.807, 2.05) is 0 Å². The predicted octanol–water partition coefficient (Wildman–Crippen LogP) is 3.25. The lowest BCUT2D eigenvalue weighted by Crippen LogP contribution is -2.29. The molecule has 0 atom stereocenters. The largest absolute Gasteiger partial charge is 0.418 e. The molecule has 0 aliphatic carbocycles. The van der Waals surface area contributed by atoms with Gasteiger partial charge in [-0.1, -0.05) is 12.1 Å². The number of hydrogen-bond acceptors (Lipinski definition) is 1. The standard InChI is InChI=1S/C10H9ClF3NO/c1-7(16)15(6-11)9-5-3-2-4-8(9)10(12,13)14/h2-5H,6H2,1H3. The van der Waals surface area contributed by atoms with Crippen molar-refractivity contribution in [1.29, 1.82) is 0 Å². The molecule has 0 N–H and O–H groups in total. The highest BCUT2D eigenvalue weighted by Gasteiger charge is 2.35. The summed E-state index contributed by atoms with van der Waals surface area (Å²) in [7, 11) is 0. The summed E-state index contributed by atoms with van der Waals surface area (Å²) >= 11 is 5.46. The maximum atomic E-state index is 12.6. The molecule has 0 bridgehead atoms. The fourth-order valence-electron chi connectivity index (χ4n) is 1.27. The number of nitrogens with zero attached hydrogens (tertiary/aromatic N) is 1. The summed E-state index contributed by atoms with van der Waals surface area (Å²) in [5.41, 5.74) is -1.09. The first-order valence-electron chi connectivity index (χ1n) is 4.38. The van der Waals surface area contributed by atoms with E-state index in [1.54, 1.807) is 0 Å². The summed E-state index contributed by atoms with van der Waals surface area (Å²) in [5, 5.41) is 0. The first-order chi connectivity index (χ1) is 7.38. The molecule has 2 nitrogen and oxygen atoms in total. The van der Waals surface area contributed by atoms with E-state index in [4.69, 9.17) is 11.6 Å². The zero-order chi connectivity index (χ0) is 12.3. The van der Waals surface area contributed by atoms with Crippen LogP contribution < -0.4 is 4.90 Å². The van der Waals surface area contributed by atoms with Crippen LogP contribution in [0, 0.1) is 0 Å². The summed E-state index contributed by atoms with van der Waals surface area (Å²) in [6.07, 6.45) is -4.50. The molecule has 0 heterocycles. The number of benzene rings is 1. The topological polar surface area (TPSA) is 20.3 Å². The third-order valence-electron chi connectivity index (χ3n) is 2.00. The number of alkyl halides is 4. The number of rotatable bonds is 2. The molecule has 0 fully saturated rings. The van der Waals surface area contributed by atoms with Gasteiger partial charge >= 0.3 is 6.18 Å². The number of halogens is 4. The van der Waals surface area contributed by atoms with Crippen molar-refractivity contribution in [2.24, 2.45) is 0 Å². The van der Waals surface area contributed by atoms with E-state index in [-0.39, 0.29) is 11.7 Å². The summed E-state index contributed by atoms with van der Waals surface area (Å²) < 4.78 is 37.9. The molecule has 0 unspecified atom stereocenters. The van der Waals surface area contributed by atoms with E-state index in [9.17, 15) is 18.0 Å². The summed E-state index contributed by atoms with van der Waals surface area (Å²) in [6.45, 7) is 1.16. The van der Waals surface area contributed by atoms with E-state index in [0.29, 0.717) is 0 Å². The van der Waals surface area contributed by atoms with Crippen molar-refractivity contribution in [2.45, 2.75) is 13.1 Å². The van der Waals surface area contributed by atoms with Crippen molar-refractivity contribution in [3.8, 4) is 0 Å². The zero-order valence-corrected chi connectivity index (χ0v) is 9.14. The molecule has 0 aromatic heterocycles. The Kier molecular flexibility index (Phi) is 3.80. The zero-order valence-electron chi connectivity index (χ0n) is 8.38. The molecule has 0 aliphatic heterocycles. The quantitative estimate of drug-likeness (QED) is 0.584. The van der Waals surface area contributed by atoms with Crippen molar-refractivity contribution in [2.75, 3.05) is 10.9 Å². The Labute approximate surface area is 95.6 Å². The van der Waals surface area contributed by atoms with Crippen LogP contribution in [0.3, 0.4) is 0 Å². The van der Waals surface area contributed by atoms with Crippen LogP contribution >= 0.6 is 11.6 Å². The maximum absolute atomic E-state index is 12.6. The fraction of sp³-hybridized carbons (Fsp3) is 0.300. The molecule has 1 rings (SSSR count). The van der Waals surface area contributed by atoms with Gasteiger partial charge in [0.15, 0.2) is 0 Å². The molecule has 0 radical (unpaired) electrons. The minimum absolute atomic E-state index is 0.225. The Morgan fingerprint density at radius 1 is 1.38 bits per heavy atom. The van der Waals surface area contributed by atoms with E-state index < -0.39 is 17.6 Å². The van der Waals surface area contributed by atoms with Crippen LogP contribution in [0.5, 0.6) is 0 Å². The van der Waals surface area contributed by atoms with Gasteiger partial charge in [-0.2, -0.15) is 13.2 Å². The summed E-state index contributed by atoms with van der Waals surface area (Å²) in [6, 6.07) is 4.50. The lowest BCUT2D eigenvalue weighted by molar-refractivity contribution is -0.137. The van der Waals surface area contributed by atoms with Gasteiger partial charge < -0.3 is 0 Å². The van der Waals surface area contributed by atoms with Gasteiger partial charge in [0, 0.05) is 6.92 Å². The van der Waals surface area contributed by atoms with Crippen molar-refractivity contribution in [3.05, 3.63) is 29.8 Å². The number of carbonyl (C=O) groups excluding carboxylic acids is 1. The molecule has 0 saturated carbocycles. The Balaban J connectivity index is 3.27. The molecule has 16 heavy (non-hydrogen) atoms. The van der Waals surface area contributed by atoms with Gasteiger partial charge in [0.2, 0.25) is 5.91 Å². The number of hydrogen-bond donors (Lipinski definition) is 0. The number of amides is 1. The van der Waals surface area contributed by atoms with Crippen molar-refractivity contribution in [1.82, 2.24) is 0 Å². The minimum Gasteiger partial charge on any atom is -0.298 e. The molecular formula is C10H9ClF3NO. The molecule has 1 aromatic rings. The van der Waals surface area contributed by atoms with Crippen LogP contribution in [0.25, 0.3) is 0 Å². The second-order valence-electron chi connectivity index (χ2n) is 3.08. The van der Waals surface area contributed by atoms with Crippen LogP contribution in [0.4, 0.5) is 18.9 Å². The first-order valence-corrected chi connectivity index (χ1v) is 4.91. The van der Waals surface area contributed by atoms with E-state index in [1.165, 1.54) is 18.2 Å². The monoisotopic (exact) mass is 251 g/mol. The first kappa shape index (κ1) is 12.8. The van der Waals surface area contributed by atoms with Crippen molar-refractivity contribution < 1.29 is 18.0 Å². The maximum Gasteiger partial charge on any atom is 0.418 e. The lowest BCUT2D eigenvalue weighted by Gasteiger charge is -2.22. The Morgan fingerprint density at radius 2 is 1.94 bits per heavy atom. The van der Waals surface area contributed by atoms with Crippen LogP contribution in [0.15, 0.2) is 24.3 Å². The third kappa shape index (κ3) is 2.66. The van der Waals surface area contributed by atoms with Gasteiger partial charge in [-0.15, -0.1) is 11.6 Å². The molecule has 0 aliphatic rings.